The fraction of sp³-hybridized carbons (Fsp3) is 0.292. The van der Waals surface area contributed by atoms with Gasteiger partial charge in [0.2, 0.25) is 5.89 Å². The highest BCUT2D eigenvalue weighted by atomic mass is 16.5. The second-order valence-electron chi connectivity index (χ2n) is 6.95. The van der Waals surface area contributed by atoms with Crippen LogP contribution in [0.2, 0.25) is 0 Å². The maximum atomic E-state index is 12.4. The second-order valence-corrected chi connectivity index (χ2v) is 6.95. The van der Waals surface area contributed by atoms with Gasteiger partial charge in [0.15, 0.2) is 0 Å². The van der Waals surface area contributed by atoms with E-state index in [0.717, 1.165) is 31.2 Å². The van der Waals surface area contributed by atoms with Crippen molar-refractivity contribution in [2.45, 2.75) is 32.6 Å². The molecule has 0 aliphatic rings. The van der Waals surface area contributed by atoms with Gasteiger partial charge in [-0.25, -0.2) is 4.79 Å². The Morgan fingerprint density at radius 2 is 1.87 bits per heavy atom. The monoisotopic (exact) mass is 407 g/mol. The van der Waals surface area contributed by atoms with E-state index in [-0.39, 0.29) is 17.4 Å². The molecule has 2 aromatic carbocycles. The Labute approximate surface area is 175 Å². The molecule has 0 amide bonds. The number of para-hydroxylation sites is 1. The Morgan fingerprint density at radius 1 is 1.10 bits per heavy atom. The lowest BCUT2D eigenvalue weighted by atomic mass is 10.1. The number of esters is 1. The van der Waals surface area contributed by atoms with E-state index in [1.807, 2.05) is 31.2 Å². The number of aromatic nitrogens is 1. The second kappa shape index (κ2) is 10.4. The van der Waals surface area contributed by atoms with Gasteiger partial charge in [-0.1, -0.05) is 30.3 Å². The summed E-state index contributed by atoms with van der Waals surface area (Å²) in [6, 6.07) is 12.8. The summed E-state index contributed by atoms with van der Waals surface area (Å²) in [6.45, 7) is 6.26. The molecule has 1 aromatic heterocycles. The molecule has 0 bridgehead atoms. The molecule has 0 fully saturated rings. The standard InChI is InChI=1S/C24H25NO5/c1-3-22(26)29-15-9-5-4-8-14-28-20-13-12-17(2)16-19(20)24-25-23(27)18-10-6-7-11-21(18)30-24/h3,6-7,10-13,16H,1,4-5,8-9,14-15H2,2H3. The molecule has 0 unspecified atom stereocenters. The lowest BCUT2D eigenvalue weighted by Crippen LogP contribution is -2.08. The number of carbonyl (C=O) groups is 1. The van der Waals surface area contributed by atoms with E-state index in [2.05, 4.69) is 11.6 Å². The van der Waals surface area contributed by atoms with Gasteiger partial charge in [-0.15, -0.1) is 0 Å². The summed E-state index contributed by atoms with van der Waals surface area (Å²) in [4.78, 5) is 27.5. The maximum absolute atomic E-state index is 12.4. The van der Waals surface area contributed by atoms with E-state index in [1.165, 1.54) is 6.08 Å². The minimum absolute atomic E-state index is 0.251. The van der Waals surface area contributed by atoms with Crippen molar-refractivity contribution in [1.82, 2.24) is 4.98 Å². The first-order valence-corrected chi connectivity index (χ1v) is 10.0. The third kappa shape index (κ3) is 5.56. The van der Waals surface area contributed by atoms with Crippen LogP contribution in [-0.2, 0) is 9.53 Å². The number of hydrogen-bond acceptors (Lipinski definition) is 6. The first-order valence-electron chi connectivity index (χ1n) is 10.0. The van der Waals surface area contributed by atoms with Crippen LogP contribution >= 0.6 is 0 Å². The molecule has 0 saturated heterocycles. The minimum atomic E-state index is -0.390. The molecule has 0 N–H and O–H groups in total. The highest BCUT2D eigenvalue weighted by molar-refractivity contribution is 5.81. The molecule has 3 rings (SSSR count). The molecule has 3 aromatic rings. The topological polar surface area (TPSA) is 78.6 Å². The van der Waals surface area contributed by atoms with Gasteiger partial charge in [-0.3, -0.25) is 4.79 Å². The summed E-state index contributed by atoms with van der Waals surface area (Å²) < 4.78 is 16.8. The van der Waals surface area contributed by atoms with Crippen molar-refractivity contribution in [1.29, 1.82) is 0 Å². The predicted molar refractivity (Wildman–Crippen MR) is 116 cm³/mol. The SMILES string of the molecule is C=CC(=O)OCCCCCCOc1ccc(C)cc1-c1nc(=O)c2ccccc2o1. The molecule has 0 aliphatic carbocycles. The fourth-order valence-electron chi connectivity index (χ4n) is 3.04. The lowest BCUT2D eigenvalue weighted by Gasteiger charge is -2.12. The van der Waals surface area contributed by atoms with Gasteiger partial charge in [0.25, 0.3) is 5.56 Å². The van der Waals surface area contributed by atoms with Crippen molar-refractivity contribution in [3.05, 3.63) is 71.0 Å². The molecule has 0 aliphatic heterocycles. The van der Waals surface area contributed by atoms with E-state index in [4.69, 9.17) is 13.9 Å². The molecular formula is C24H25NO5. The number of rotatable bonds is 10. The summed E-state index contributed by atoms with van der Waals surface area (Å²) in [5.74, 6) is 0.493. The largest absolute Gasteiger partial charge is 0.493 e. The van der Waals surface area contributed by atoms with Crippen LogP contribution < -0.4 is 10.3 Å². The minimum Gasteiger partial charge on any atom is -0.493 e. The van der Waals surface area contributed by atoms with E-state index < -0.39 is 0 Å². The number of aryl methyl sites for hydroxylation is 1. The lowest BCUT2D eigenvalue weighted by molar-refractivity contribution is -0.137. The third-order valence-electron chi connectivity index (χ3n) is 4.60. The summed E-state index contributed by atoms with van der Waals surface area (Å²) >= 11 is 0. The molecule has 30 heavy (non-hydrogen) atoms. The van der Waals surface area contributed by atoms with Gasteiger partial charge in [0.05, 0.1) is 24.2 Å². The van der Waals surface area contributed by atoms with Crippen LogP contribution in [-0.4, -0.2) is 24.2 Å². The van der Waals surface area contributed by atoms with Gasteiger partial charge in [-0.05, 0) is 56.9 Å². The van der Waals surface area contributed by atoms with Gasteiger partial charge in [0, 0.05) is 6.08 Å². The number of benzene rings is 2. The Hall–Kier alpha value is -3.41. The number of carbonyl (C=O) groups excluding carboxylic acids is 1. The highest BCUT2D eigenvalue weighted by Gasteiger charge is 2.14. The first-order chi connectivity index (χ1) is 14.6. The predicted octanol–water partition coefficient (Wildman–Crippen LogP) is 4.83. The smallest absolute Gasteiger partial charge is 0.330 e. The number of unbranched alkanes of at least 4 members (excludes halogenated alkanes) is 3. The van der Waals surface area contributed by atoms with Crippen LogP contribution in [0.5, 0.6) is 5.75 Å². The normalized spacial score (nSPS) is 10.7. The van der Waals surface area contributed by atoms with Crippen molar-refractivity contribution >= 4 is 16.9 Å². The van der Waals surface area contributed by atoms with Crippen molar-refractivity contribution in [3.63, 3.8) is 0 Å². The highest BCUT2D eigenvalue weighted by Crippen LogP contribution is 2.30. The van der Waals surface area contributed by atoms with Crippen molar-refractivity contribution in [3.8, 4) is 17.2 Å². The van der Waals surface area contributed by atoms with Crippen molar-refractivity contribution in [2.24, 2.45) is 0 Å². The van der Waals surface area contributed by atoms with E-state index in [1.54, 1.807) is 18.2 Å². The van der Waals surface area contributed by atoms with E-state index >= 15 is 0 Å². The average molecular weight is 407 g/mol. The molecular weight excluding hydrogens is 382 g/mol. The van der Waals surface area contributed by atoms with Crippen LogP contribution in [0, 0.1) is 6.92 Å². The van der Waals surface area contributed by atoms with Crippen LogP contribution in [0.1, 0.15) is 31.2 Å². The van der Waals surface area contributed by atoms with Crippen LogP contribution in [0.15, 0.2) is 64.3 Å². The quantitative estimate of drug-likeness (QED) is 0.272. The Balaban J connectivity index is 1.62. The zero-order chi connectivity index (χ0) is 21.3. The Kier molecular flexibility index (Phi) is 7.38. The summed E-state index contributed by atoms with van der Waals surface area (Å²) in [6.07, 6.45) is 4.73. The van der Waals surface area contributed by atoms with Crippen molar-refractivity contribution in [2.75, 3.05) is 13.2 Å². The van der Waals surface area contributed by atoms with Crippen LogP contribution in [0.4, 0.5) is 0 Å². The average Bonchev–Trinajstić information content (AvgIpc) is 2.76. The third-order valence-corrected chi connectivity index (χ3v) is 4.60. The molecule has 0 saturated carbocycles. The number of ether oxygens (including phenoxy) is 2. The summed E-state index contributed by atoms with van der Waals surface area (Å²) in [5.41, 5.74) is 1.85. The molecule has 0 atom stereocenters. The molecule has 0 radical (unpaired) electrons. The maximum Gasteiger partial charge on any atom is 0.330 e. The van der Waals surface area contributed by atoms with Gasteiger partial charge >= 0.3 is 5.97 Å². The first kappa shape index (κ1) is 21.3. The summed E-state index contributed by atoms with van der Waals surface area (Å²) in [7, 11) is 0. The molecule has 156 valence electrons. The molecule has 6 heteroatoms. The number of nitrogens with zero attached hydrogens (tertiary/aromatic N) is 1. The number of hydrogen-bond donors (Lipinski definition) is 0. The van der Waals surface area contributed by atoms with Gasteiger partial charge < -0.3 is 13.9 Å². The van der Waals surface area contributed by atoms with Crippen molar-refractivity contribution < 1.29 is 18.7 Å². The van der Waals surface area contributed by atoms with E-state index in [0.29, 0.717) is 35.5 Å². The molecule has 1 heterocycles. The number of fused-ring (bicyclic) bond motifs is 1. The zero-order valence-corrected chi connectivity index (χ0v) is 17.1. The Bertz CT molecular complexity index is 1090. The van der Waals surface area contributed by atoms with Crippen LogP contribution in [0.25, 0.3) is 22.4 Å². The fourth-order valence-corrected chi connectivity index (χ4v) is 3.04. The van der Waals surface area contributed by atoms with Gasteiger partial charge in [0.1, 0.15) is 11.3 Å². The van der Waals surface area contributed by atoms with Crippen LogP contribution in [0.3, 0.4) is 0 Å². The summed E-state index contributed by atoms with van der Waals surface area (Å²) in [5, 5.41) is 0.454. The molecule has 6 nitrogen and oxygen atoms in total. The molecule has 0 spiro atoms. The van der Waals surface area contributed by atoms with Gasteiger partial charge in [-0.2, -0.15) is 4.98 Å². The zero-order valence-electron chi connectivity index (χ0n) is 17.1. The van der Waals surface area contributed by atoms with E-state index in [9.17, 15) is 9.59 Å². The Morgan fingerprint density at radius 3 is 2.67 bits per heavy atom.